The SMILES string of the molecule is CCN(CC)S(=O)(=O)c1cc(C(=O)Oc2cccc(F)c2)ccc1OC. The average Bonchev–Trinajstić information content (AvgIpc) is 2.62. The van der Waals surface area contributed by atoms with Crippen LogP contribution in [0.5, 0.6) is 11.5 Å². The molecule has 0 radical (unpaired) electrons. The second-order valence-electron chi connectivity index (χ2n) is 5.30. The summed E-state index contributed by atoms with van der Waals surface area (Å²) in [6, 6.07) is 9.10. The highest BCUT2D eigenvalue weighted by atomic mass is 32.2. The number of hydrogen-bond acceptors (Lipinski definition) is 5. The maximum atomic E-state index is 13.2. The van der Waals surface area contributed by atoms with Crippen molar-refractivity contribution in [3.05, 3.63) is 53.8 Å². The lowest BCUT2D eigenvalue weighted by Crippen LogP contribution is -2.31. The quantitative estimate of drug-likeness (QED) is 0.544. The highest BCUT2D eigenvalue weighted by Crippen LogP contribution is 2.28. The lowest BCUT2D eigenvalue weighted by atomic mass is 10.2. The zero-order valence-corrected chi connectivity index (χ0v) is 15.5. The molecule has 6 nitrogen and oxygen atoms in total. The van der Waals surface area contributed by atoms with Gasteiger partial charge in [0.15, 0.2) is 0 Å². The van der Waals surface area contributed by atoms with E-state index < -0.39 is 21.8 Å². The summed E-state index contributed by atoms with van der Waals surface area (Å²) < 4.78 is 50.3. The van der Waals surface area contributed by atoms with Gasteiger partial charge in [-0.25, -0.2) is 17.6 Å². The highest BCUT2D eigenvalue weighted by molar-refractivity contribution is 7.89. The Hall–Kier alpha value is -2.45. The van der Waals surface area contributed by atoms with Gasteiger partial charge in [-0.1, -0.05) is 19.9 Å². The summed E-state index contributed by atoms with van der Waals surface area (Å²) in [6.45, 7) is 3.99. The molecule has 0 saturated carbocycles. The van der Waals surface area contributed by atoms with Crippen LogP contribution in [0.1, 0.15) is 24.2 Å². The standard InChI is InChI=1S/C18H20FNO5S/c1-4-20(5-2)26(22,23)17-11-13(9-10-16(17)24-3)18(21)25-15-8-6-7-14(19)12-15/h6-12H,4-5H2,1-3H3. The molecule has 0 bridgehead atoms. The van der Waals surface area contributed by atoms with Gasteiger partial charge in [-0.05, 0) is 30.3 Å². The van der Waals surface area contributed by atoms with Gasteiger partial charge >= 0.3 is 5.97 Å². The molecule has 0 heterocycles. The number of sulfonamides is 1. The first-order chi connectivity index (χ1) is 12.3. The number of ether oxygens (including phenoxy) is 2. The molecule has 0 aliphatic rings. The van der Waals surface area contributed by atoms with E-state index in [2.05, 4.69) is 0 Å². The van der Waals surface area contributed by atoms with Gasteiger partial charge in [-0.15, -0.1) is 0 Å². The van der Waals surface area contributed by atoms with E-state index in [9.17, 15) is 17.6 Å². The third-order valence-electron chi connectivity index (χ3n) is 3.73. The van der Waals surface area contributed by atoms with Crippen LogP contribution in [-0.4, -0.2) is 38.9 Å². The average molecular weight is 381 g/mol. The number of carbonyl (C=O) groups is 1. The first kappa shape index (κ1) is 19.9. The second-order valence-corrected chi connectivity index (χ2v) is 7.21. The summed E-state index contributed by atoms with van der Waals surface area (Å²) >= 11 is 0. The van der Waals surface area contributed by atoms with Gasteiger partial charge in [-0.3, -0.25) is 0 Å². The highest BCUT2D eigenvalue weighted by Gasteiger charge is 2.27. The first-order valence-electron chi connectivity index (χ1n) is 7.99. The maximum Gasteiger partial charge on any atom is 0.343 e. The van der Waals surface area contributed by atoms with E-state index in [1.165, 1.54) is 47.8 Å². The smallest absolute Gasteiger partial charge is 0.343 e. The van der Waals surface area contributed by atoms with Crippen LogP contribution in [-0.2, 0) is 10.0 Å². The molecule has 2 rings (SSSR count). The normalized spacial score (nSPS) is 11.4. The van der Waals surface area contributed by atoms with E-state index >= 15 is 0 Å². The van der Waals surface area contributed by atoms with Crippen LogP contribution in [0.3, 0.4) is 0 Å². The fourth-order valence-corrected chi connectivity index (χ4v) is 4.04. The van der Waals surface area contributed by atoms with Crippen molar-refractivity contribution in [3.63, 3.8) is 0 Å². The second kappa shape index (κ2) is 8.29. The Labute approximate surface area is 152 Å². The van der Waals surface area contributed by atoms with Crippen molar-refractivity contribution in [2.75, 3.05) is 20.2 Å². The van der Waals surface area contributed by atoms with E-state index in [4.69, 9.17) is 9.47 Å². The van der Waals surface area contributed by atoms with Gasteiger partial charge in [0.1, 0.15) is 22.2 Å². The summed E-state index contributed by atoms with van der Waals surface area (Å²) in [5.41, 5.74) is 0.0146. The summed E-state index contributed by atoms with van der Waals surface area (Å²) in [5.74, 6) is -1.19. The summed E-state index contributed by atoms with van der Waals surface area (Å²) in [5, 5.41) is 0. The molecule has 2 aromatic rings. The molecule has 0 fully saturated rings. The lowest BCUT2D eigenvalue weighted by Gasteiger charge is -2.20. The molecular weight excluding hydrogens is 361 g/mol. The number of benzene rings is 2. The molecule has 0 amide bonds. The van der Waals surface area contributed by atoms with Crippen molar-refractivity contribution in [1.82, 2.24) is 4.31 Å². The predicted octanol–water partition coefficient (Wildman–Crippen LogP) is 3.08. The molecule has 2 aromatic carbocycles. The van der Waals surface area contributed by atoms with Crippen molar-refractivity contribution >= 4 is 16.0 Å². The van der Waals surface area contributed by atoms with Gasteiger partial charge in [0.25, 0.3) is 0 Å². The molecule has 0 aromatic heterocycles. The Morgan fingerprint density at radius 2 is 1.81 bits per heavy atom. The summed E-state index contributed by atoms with van der Waals surface area (Å²) in [7, 11) is -2.49. The molecule has 0 N–H and O–H groups in total. The molecule has 0 aliphatic heterocycles. The molecular formula is C18H20FNO5S. The largest absolute Gasteiger partial charge is 0.495 e. The predicted molar refractivity (Wildman–Crippen MR) is 94.5 cm³/mol. The van der Waals surface area contributed by atoms with Crippen LogP contribution in [0.25, 0.3) is 0 Å². The Bertz CT molecular complexity index is 894. The molecule has 140 valence electrons. The fraction of sp³-hybridized carbons (Fsp3) is 0.278. The van der Waals surface area contributed by atoms with E-state index in [0.717, 1.165) is 6.07 Å². The minimum absolute atomic E-state index is 0.0146. The number of methoxy groups -OCH3 is 1. The monoisotopic (exact) mass is 381 g/mol. The number of esters is 1. The van der Waals surface area contributed by atoms with E-state index in [0.29, 0.717) is 0 Å². The van der Waals surface area contributed by atoms with Crippen LogP contribution < -0.4 is 9.47 Å². The van der Waals surface area contributed by atoms with Gasteiger partial charge < -0.3 is 9.47 Å². The van der Waals surface area contributed by atoms with Gasteiger partial charge in [0.2, 0.25) is 10.0 Å². The third-order valence-corrected chi connectivity index (χ3v) is 5.80. The molecule has 0 unspecified atom stereocenters. The van der Waals surface area contributed by atoms with Crippen molar-refractivity contribution in [3.8, 4) is 11.5 Å². The van der Waals surface area contributed by atoms with E-state index in [-0.39, 0.29) is 35.0 Å². The Morgan fingerprint density at radius 1 is 1.12 bits per heavy atom. The molecule has 8 heteroatoms. The van der Waals surface area contributed by atoms with Crippen molar-refractivity contribution in [2.45, 2.75) is 18.7 Å². The number of halogens is 1. The number of hydrogen-bond donors (Lipinski definition) is 0. The minimum Gasteiger partial charge on any atom is -0.495 e. The molecule has 0 spiro atoms. The lowest BCUT2D eigenvalue weighted by molar-refractivity contribution is 0.0734. The topological polar surface area (TPSA) is 72.9 Å². The van der Waals surface area contributed by atoms with Gasteiger partial charge in [0, 0.05) is 19.2 Å². The van der Waals surface area contributed by atoms with Crippen LogP contribution in [0, 0.1) is 5.82 Å². The summed E-state index contributed by atoms with van der Waals surface area (Å²) in [4.78, 5) is 12.2. The first-order valence-corrected chi connectivity index (χ1v) is 9.43. The number of nitrogens with zero attached hydrogens (tertiary/aromatic N) is 1. The van der Waals surface area contributed by atoms with Crippen LogP contribution >= 0.6 is 0 Å². The fourth-order valence-electron chi connectivity index (χ4n) is 2.40. The van der Waals surface area contributed by atoms with Crippen LogP contribution in [0.15, 0.2) is 47.4 Å². The Kier molecular flexibility index (Phi) is 6.33. The molecule has 0 atom stereocenters. The number of carbonyl (C=O) groups excluding carboxylic acids is 1. The van der Waals surface area contributed by atoms with E-state index in [1.807, 2.05) is 0 Å². The minimum atomic E-state index is -3.84. The van der Waals surface area contributed by atoms with Crippen molar-refractivity contribution in [2.24, 2.45) is 0 Å². The van der Waals surface area contributed by atoms with Crippen LogP contribution in [0.4, 0.5) is 4.39 Å². The zero-order chi connectivity index (χ0) is 19.3. The van der Waals surface area contributed by atoms with Crippen LogP contribution in [0.2, 0.25) is 0 Å². The van der Waals surface area contributed by atoms with Crippen molar-refractivity contribution in [1.29, 1.82) is 0 Å². The Balaban J connectivity index is 2.41. The summed E-state index contributed by atoms with van der Waals surface area (Å²) in [6.07, 6.45) is 0. The molecule has 0 aliphatic carbocycles. The number of rotatable bonds is 7. The van der Waals surface area contributed by atoms with Crippen molar-refractivity contribution < 1.29 is 27.1 Å². The maximum absolute atomic E-state index is 13.2. The van der Waals surface area contributed by atoms with Gasteiger partial charge in [-0.2, -0.15) is 4.31 Å². The third kappa shape index (κ3) is 4.20. The van der Waals surface area contributed by atoms with E-state index in [1.54, 1.807) is 13.8 Å². The van der Waals surface area contributed by atoms with Gasteiger partial charge in [0.05, 0.1) is 12.7 Å². The molecule has 26 heavy (non-hydrogen) atoms. The zero-order valence-electron chi connectivity index (χ0n) is 14.7. The Morgan fingerprint density at radius 3 is 2.38 bits per heavy atom. The molecule has 0 saturated heterocycles.